The van der Waals surface area contributed by atoms with Gasteiger partial charge in [-0.05, 0) is 54.7 Å². The molecule has 0 aliphatic carbocycles. The molecule has 0 saturated carbocycles. The van der Waals surface area contributed by atoms with Gasteiger partial charge in [0.2, 0.25) is 12.7 Å². The molecule has 4 aliphatic rings. The van der Waals surface area contributed by atoms with Crippen molar-refractivity contribution in [3.05, 3.63) is 88.3 Å². The SMILES string of the molecule is O=C1NC(=O)C(Cc2ccc3c(c2)OCO3)(CN2CC3CC(C2)c2cccc(=O)n2C3)C(=O)N1c1ccccc1. The number of amides is 4. The van der Waals surface area contributed by atoms with Crippen LogP contribution in [0.2, 0.25) is 0 Å². The lowest BCUT2D eigenvalue weighted by Crippen LogP contribution is -2.68. The van der Waals surface area contributed by atoms with Gasteiger partial charge in [-0.1, -0.05) is 30.3 Å². The van der Waals surface area contributed by atoms with Gasteiger partial charge in [0.15, 0.2) is 11.5 Å². The van der Waals surface area contributed by atoms with Crippen LogP contribution in [-0.2, 0) is 22.6 Å². The Bertz CT molecular complexity index is 1590. The van der Waals surface area contributed by atoms with Gasteiger partial charge in [-0.15, -0.1) is 0 Å². The van der Waals surface area contributed by atoms with Crippen molar-refractivity contribution in [1.82, 2.24) is 14.8 Å². The maximum absolute atomic E-state index is 14.4. The molecule has 3 aromatic rings. The minimum absolute atomic E-state index is 0.00113. The zero-order valence-corrected chi connectivity index (χ0v) is 21.7. The van der Waals surface area contributed by atoms with Gasteiger partial charge in [0, 0.05) is 43.9 Å². The summed E-state index contributed by atoms with van der Waals surface area (Å²) in [6.45, 7) is 2.09. The number of carbonyl (C=O) groups excluding carboxylic acids is 3. The molecule has 2 fully saturated rings. The summed E-state index contributed by atoms with van der Waals surface area (Å²) >= 11 is 0. The molecule has 40 heavy (non-hydrogen) atoms. The maximum Gasteiger partial charge on any atom is 0.335 e. The van der Waals surface area contributed by atoms with Gasteiger partial charge in [0.25, 0.3) is 11.5 Å². The van der Waals surface area contributed by atoms with E-state index in [4.69, 9.17) is 9.47 Å². The second-order valence-corrected chi connectivity index (χ2v) is 11.1. The van der Waals surface area contributed by atoms with Crippen molar-refractivity contribution in [2.75, 3.05) is 31.3 Å². The number of fused-ring (bicyclic) bond motifs is 5. The lowest BCUT2D eigenvalue weighted by molar-refractivity contribution is -0.144. The summed E-state index contributed by atoms with van der Waals surface area (Å²) in [7, 11) is 0. The fourth-order valence-corrected chi connectivity index (χ4v) is 6.74. The minimum Gasteiger partial charge on any atom is -0.454 e. The first-order chi connectivity index (χ1) is 19.4. The number of urea groups is 1. The summed E-state index contributed by atoms with van der Waals surface area (Å²) in [6, 6.07) is 18.7. The highest BCUT2D eigenvalue weighted by Gasteiger charge is 2.56. The summed E-state index contributed by atoms with van der Waals surface area (Å²) < 4.78 is 12.9. The van der Waals surface area contributed by atoms with Gasteiger partial charge in [-0.25, -0.2) is 9.69 Å². The van der Waals surface area contributed by atoms with E-state index in [9.17, 15) is 19.2 Å². The standard InChI is InChI=1S/C30H28N4O6/c35-26-8-4-7-23-21-11-20(15-33(23)26)14-32(16-21)17-30(13-19-9-10-24-25(12-19)40-18-39-24)27(36)31-29(38)34(28(30)37)22-5-2-1-3-6-22/h1-10,12,20-21H,11,13-18H2,(H,31,36,38). The first-order valence-corrected chi connectivity index (χ1v) is 13.5. The van der Waals surface area contributed by atoms with Crippen molar-refractivity contribution in [3.63, 3.8) is 0 Å². The average Bonchev–Trinajstić information content (AvgIpc) is 3.41. The van der Waals surface area contributed by atoms with E-state index in [1.807, 2.05) is 16.7 Å². The molecule has 204 valence electrons. The van der Waals surface area contributed by atoms with Gasteiger partial charge in [0.1, 0.15) is 5.41 Å². The number of likely N-dealkylation sites (tertiary alicyclic amines) is 1. The molecule has 3 atom stereocenters. The molecule has 2 bridgehead atoms. The second kappa shape index (κ2) is 9.34. The molecule has 3 unspecified atom stereocenters. The van der Waals surface area contributed by atoms with Crippen LogP contribution in [0.25, 0.3) is 0 Å². The largest absolute Gasteiger partial charge is 0.454 e. The number of anilines is 1. The molecule has 0 spiro atoms. The maximum atomic E-state index is 14.4. The number of hydrogen-bond donors (Lipinski definition) is 1. The number of barbiturate groups is 1. The van der Waals surface area contributed by atoms with E-state index in [0.717, 1.165) is 22.6 Å². The number of carbonyl (C=O) groups is 3. The first kappa shape index (κ1) is 24.6. The third-order valence-electron chi connectivity index (χ3n) is 8.48. The molecule has 4 aliphatic heterocycles. The lowest BCUT2D eigenvalue weighted by atomic mass is 9.75. The third-order valence-corrected chi connectivity index (χ3v) is 8.48. The monoisotopic (exact) mass is 540 g/mol. The van der Waals surface area contributed by atoms with Gasteiger partial charge >= 0.3 is 6.03 Å². The van der Waals surface area contributed by atoms with Crippen LogP contribution >= 0.6 is 0 Å². The van der Waals surface area contributed by atoms with E-state index in [-0.39, 0.29) is 37.2 Å². The van der Waals surface area contributed by atoms with Crippen LogP contribution < -0.4 is 25.2 Å². The van der Waals surface area contributed by atoms with E-state index >= 15 is 0 Å². The zero-order valence-electron chi connectivity index (χ0n) is 21.7. The molecule has 2 saturated heterocycles. The quantitative estimate of drug-likeness (QED) is 0.495. The van der Waals surface area contributed by atoms with Crippen molar-refractivity contribution in [2.45, 2.75) is 25.3 Å². The molecule has 7 rings (SSSR count). The molecule has 10 nitrogen and oxygen atoms in total. The molecule has 2 aromatic carbocycles. The van der Waals surface area contributed by atoms with Gasteiger partial charge in [0.05, 0.1) is 5.69 Å². The Morgan fingerprint density at radius 2 is 1.70 bits per heavy atom. The van der Waals surface area contributed by atoms with Crippen LogP contribution in [0.15, 0.2) is 71.5 Å². The molecular weight excluding hydrogens is 512 g/mol. The molecule has 1 aromatic heterocycles. The number of imide groups is 2. The summed E-state index contributed by atoms with van der Waals surface area (Å²) in [6.07, 6.45) is 1.02. The predicted molar refractivity (Wildman–Crippen MR) is 144 cm³/mol. The Kier molecular flexibility index (Phi) is 5.74. The number of hydrogen-bond acceptors (Lipinski definition) is 7. The van der Waals surface area contributed by atoms with E-state index in [1.54, 1.807) is 54.6 Å². The minimum atomic E-state index is -1.57. The number of aromatic nitrogens is 1. The van der Waals surface area contributed by atoms with Crippen molar-refractivity contribution in [3.8, 4) is 11.5 Å². The number of benzene rings is 2. The predicted octanol–water partition coefficient (Wildman–Crippen LogP) is 2.51. The molecular formula is C30H28N4O6. The fourth-order valence-electron chi connectivity index (χ4n) is 6.74. The number of pyridine rings is 1. The average molecular weight is 541 g/mol. The normalized spacial score (nSPS) is 25.5. The van der Waals surface area contributed by atoms with Crippen molar-refractivity contribution in [1.29, 1.82) is 0 Å². The lowest BCUT2D eigenvalue weighted by Gasteiger charge is -2.47. The van der Waals surface area contributed by atoms with Crippen molar-refractivity contribution < 1.29 is 23.9 Å². The van der Waals surface area contributed by atoms with E-state index in [0.29, 0.717) is 36.8 Å². The number of rotatable bonds is 5. The van der Waals surface area contributed by atoms with Crippen LogP contribution in [0.4, 0.5) is 10.5 Å². The van der Waals surface area contributed by atoms with Gasteiger partial charge in [-0.2, -0.15) is 0 Å². The zero-order chi connectivity index (χ0) is 27.4. The fraction of sp³-hybridized carbons (Fsp3) is 0.333. The molecule has 0 radical (unpaired) electrons. The Balaban J connectivity index is 1.27. The summed E-state index contributed by atoms with van der Waals surface area (Å²) in [5, 5.41) is 2.48. The Morgan fingerprint density at radius 1 is 0.875 bits per heavy atom. The highest BCUT2D eigenvalue weighted by molar-refractivity contribution is 6.30. The summed E-state index contributed by atoms with van der Waals surface area (Å²) in [5.41, 5.74) is 0.539. The van der Waals surface area contributed by atoms with Crippen LogP contribution in [0.1, 0.15) is 23.6 Å². The van der Waals surface area contributed by atoms with Crippen LogP contribution in [0, 0.1) is 11.3 Å². The Morgan fingerprint density at radius 3 is 2.55 bits per heavy atom. The highest BCUT2D eigenvalue weighted by atomic mass is 16.7. The van der Waals surface area contributed by atoms with Crippen LogP contribution in [-0.4, -0.2) is 53.7 Å². The summed E-state index contributed by atoms with van der Waals surface area (Å²) in [5.74, 6) is 0.315. The molecule has 1 N–H and O–H groups in total. The smallest absolute Gasteiger partial charge is 0.335 e. The Hall–Kier alpha value is -4.44. The third kappa shape index (κ3) is 3.98. The summed E-state index contributed by atoms with van der Waals surface area (Å²) in [4.78, 5) is 57.0. The number of para-hydroxylation sites is 1. The van der Waals surface area contributed by atoms with Gasteiger partial charge < -0.3 is 18.9 Å². The van der Waals surface area contributed by atoms with Gasteiger partial charge in [-0.3, -0.25) is 19.7 Å². The van der Waals surface area contributed by atoms with Crippen LogP contribution in [0.5, 0.6) is 11.5 Å². The topological polar surface area (TPSA) is 110 Å². The molecule has 5 heterocycles. The molecule has 10 heteroatoms. The van der Waals surface area contributed by atoms with E-state index in [1.165, 1.54) is 0 Å². The second-order valence-electron chi connectivity index (χ2n) is 11.1. The Labute approximate surface area is 230 Å². The number of piperidine rings is 1. The van der Waals surface area contributed by atoms with Crippen molar-refractivity contribution in [2.24, 2.45) is 11.3 Å². The van der Waals surface area contributed by atoms with E-state index < -0.39 is 23.3 Å². The molecule has 4 amide bonds. The first-order valence-electron chi connectivity index (χ1n) is 13.5. The number of nitrogens with one attached hydrogen (secondary N) is 1. The van der Waals surface area contributed by atoms with Crippen molar-refractivity contribution >= 4 is 23.5 Å². The number of nitrogens with zero attached hydrogens (tertiary/aromatic N) is 3. The van der Waals surface area contributed by atoms with E-state index in [2.05, 4.69) is 10.2 Å². The number of ether oxygens (including phenoxy) is 2. The highest BCUT2D eigenvalue weighted by Crippen LogP contribution is 2.40. The van der Waals surface area contributed by atoms with Crippen LogP contribution in [0.3, 0.4) is 0 Å².